The lowest BCUT2D eigenvalue weighted by molar-refractivity contribution is -0.132. The van der Waals surface area contributed by atoms with E-state index < -0.39 is 0 Å². The van der Waals surface area contributed by atoms with Crippen LogP contribution in [0.4, 0.5) is 4.39 Å². The van der Waals surface area contributed by atoms with Crippen molar-refractivity contribution in [1.82, 2.24) is 10.2 Å². The summed E-state index contributed by atoms with van der Waals surface area (Å²) >= 11 is 0. The summed E-state index contributed by atoms with van der Waals surface area (Å²) in [6, 6.07) is 14.7. The molecule has 0 aromatic heterocycles. The van der Waals surface area contributed by atoms with Crippen molar-refractivity contribution >= 4 is 5.91 Å². The molecule has 142 valence electrons. The van der Waals surface area contributed by atoms with Crippen LogP contribution in [-0.2, 0) is 16.9 Å². The van der Waals surface area contributed by atoms with Crippen molar-refractivity contribution in [3.8, 4) is 5.75 Å². The first kappa shape index (κ1) is 18.0. The zero-order valence-corrected chi connectivity index (χ0v) is 15.4. The minimum absolute atomic E-state index is 0.0593. The van der Waals surface area contributed by atoms with Crippen LogP contribution in [0.5, 0.6) is 5.75 Å². The van der Waals surface area contributed by atoms with Crippen LogP contribution in [0.25, 0.3) is 0 Å². The molecule has 1 aliphatic heterocycles. The third kappa shape index (κ3) is 4.30. The molecule has 0 radical (unpaired) electrons. The molecule has 0 unspecified atom stereocenters. The lowest BCUT2D eigenvalue weighted by atomic mass is 10.0. The Morgan fingerprint density at radius 3 is 2.52 bits per heavy atom. The molecule has 4 nitrogen and oxygen atoms in total. The zero-order chi connectivity index (χ0) is 18.7. The van der Waals surface area contributed by atoms with Gasteiger partial charge in [-0.1, -0.05) is 24.3 Å². The lowest BCUT2D eigenvalue weighted by Crippen LogP contribution is -2.32. The molecule has 5 heteroatoms. The van der Waals surface area contributed by atoms with Gasteiger partial charge in [-0.25, -0.2) is 4.39 Å². The van der Waals surface area contributed by atoms with Gasteiger partial charge in [0.15, 0.2) is 6.61 Å². The second kappa shape index (κ2) is 7.69. The van der Waals surface area contributed by atoms with Crippen molar-refractivity contribution in [2.24, 2.45) is 0 Å². The maximum absolute atomic E-state index is 13.5. The Kier molecular flexibility index (Phi) is 5.12. The highest BCUT2D eigenvalue weighted by molar-refractivity contribution is 5.78. The summed E-state index contributed by atoms with van der Waals surface area (Å²) in [4.78, 5) is 13.9. The van der Waals surface area contributed by atoms with Crippen LogP contribution in [0.15, 0.2) is 48.5 Å². The first-order chi connectivity index (χ1) is 13.1. The van der Waals surface area contributed by atoms with Crippen LogP contribution in [-0.4, -0.2) is 30.5 Å². The van der Waals surface area contributed by atoms with Gasteiger partial charge in [-0.05, 0) is 61.1 Å². The number of carbonyl (C=O) groups is 1. The van der Waals surface area contributed by atoms with Gasteiger partial charge in [0.2, 0.25) is 0 Å². The van der Waals surface area contributed by atoms with Gasteiger partial charge in [-0.2, -0.15) is 0 Å². The smallest absolute Gasteiger partial charge is 0.260 e. The van der Waals surface area contributed by atoms with E-state index in [0.29, 0.717) is 12.3 Å². The number of hydrogen-bond acceptors (Lipinski definition) is 3. The molecule has 1 saturated carbocycles. The predicted octanol–water partition coefficient (Wildman–Crippen LogP) is 3.61. The van der Waals surface area contributed by atoms with E-state index in [2.05, 4.69) is 5.32 Å². The molecule has 1 amide bonds. The van der Waals surface area contributed by atoms with Gasteiger partial charge in [0.25, 0.3) is 5.91 Å². The number of nitrogens with one attached hydrogen (secondary N) is 1. The summed E-state index contributed by atoms with van der Waals surface area (Å²) in [5.74, 6) is 0.576. The molecule has 1 heterocycles. The fourth-order valence-electron chi connectivity index (χ4n) is 3.66. The summed E-state index contributed by atoms with van der Waals surface area (Å²) in [6.45, 7) is 2.50. The normalized spacial score (nSPS) is 17.7. The average molecular weight is 368 g/mol. The summed E-state index contributed by atoms with van der Waals surface area (Å²) < 4.78 is 19.1. The summed E-state index contributed by atoms with van der Waals surface area (Å²) in [5.41, 5.74) is 2.05. The van der Waals surface area contributed by atoms with Gasteiger partial charge >= 0.3 is 0 Å². The third-order valence-electron chi connectivity index (χ3n) is 5.50. The topological polar surface area (TPSA) is 41.6 Å². The molecule has 2 aromatic rings. The lowest BCUT2D eigenvalue weighted by Gasteiger charge is -2.18. The number of carbonyl (C=O) groups excluding carboxylic acids is 1. The van der Waals surface area contributed by atoms with Crippen molar-refractivity contribution in [2.45, 2.75) is 37.8 Å². The highest BCUT2D eigenvalue weighted by atomic mass is 19.1. The first-order valence-electron chi connectivity index (χ1n) is 9.65. The summed E-state index contributed by atoms with van der Waals surface area (Å²) in [7, 11) is 0. The van der Waals surface area contributed by atoms with E-state index in [1.54, 1.807) is 12.1 Å². The summed E-state index contributed by atoms with van der Waals surface area (Å²) in [6.07, 6.45) is 4.22. The van der Waals surface area contributed by atoms with Crippen LogP contribution in [0, 0.1) is 5.82 Å². The number of amides is 1. The van der Waals surface area contributed by atoms with Gasteiger partial charge in [0.05, 0.1) is 0 Å². The summed E-state index contributed by atoms with van der Waals surface area (Å²) in [5, 5.41) is 3.57. The Hall–Kier alpha value is -2.40. The van der Waals surface area contributed by atoms with Crippen molar-refractivity contribution in [3.05, 3.63) is 65.5 Å². The van der Waals surface area contributed by atoms with Crippen LogP contribution in [0.1, 0.15) is 36.8 Å². The van der Waals surface area contributed by atoms with Crippen LogP contribution >= 0.6 is 0 Å². The van der Waals surface area contributed by atoms with E-state index in [0.717, 1.165) is 49.9 Å². The van der Waals surface area contributed by atoms with E-state index in [-0.39, 0.29) is 23.9 Å². The van der Waals surface area contributed by atoms with E-state index in [1.165, 1.54) is 6.07 Å². The van der Waals surface area contributed by atoms with E-state index in [4.69, 9.17) is 4.74 Å². The first-order valence-corrected chi connectivity index (χ1v) is 9.65. The van der Waals surface area contributed by atoms with Crippen molar-refractivity contribution in [1.29, 1.82) is 0 Å². The Labute approximate surface area is 159 Å². The third-order valence-corrected chi connectivity index (χ3v) is 5.50. The van der Waals surface area contributed by atoms with E-state index in [1.807, 2.05) is 35.2 Å². The Morgan fingerprint density at radius 1 is 1.11 bits per heavy atom. The van der Waals surface area contributed by atoms with E-state index >= 15 is 0 Å². The number of likely N-dealkylation sites (tertiary alicyclic amines) is 1. The molecule has 27 heavy (non-hydrogen) atoms. The molecule has 2 aromatic carbocycles. The van der Waals surface area contributed by atoms with Gasteiger partial charge in [0, 0.05) is 25.2 Å². The molecule has 0 spiro atoms. The molecule has 0 atom stereocenters. The van der Waals surface area contributed by atoms with Gasteiger partial charge in [0.1, 0.15) is 11.6 Å². The Balaban J connectivity index is 1.28. The second-order valence-corrected chi connectivity index (χ2v) is 7.47. The molecule has 2 fully saturated rings. The molecule has 1 N–H and O–H groups in total. The number of rotatable bonds is 7. The minimum Gasteiger partial charge on any atom is -0.484 e. The number of halogens is 1. The SMILES string of the molecule is O=C(COc1ccc(CNC2(c3cccc(F)c3)CC2)cc1)N1CCCC1. The highest BCUT2D eigenvalue weighted by Crippen LogP contribution is 2.45. The quantitative estimate of drug-likeness (QED) is 0.812. The fraction of sp³-hybridized carbons (Fsp3) is 0.409. The highest BCUT2D eigenvalue weighted by Gasteiger charge is 2.43. The van der Waals surface area contributed by atoms with Crippen LogP contribution in [0.3, 0.4) is 0 Å². The van der Waals surface area contributed by atoms with Crippen LogP contribution < -0.4 is 10.1 Å². The van der Waals surface area contributed by atoms with Crippen LogP contribution in [0.2, 0.25) is 0 Å². The van der Waals surface area contributed by atoms with Gasteiger partial charge in [-0.15, -0.1) is 0 Å². The molecular weight excluding hydrogens is 343 g/mol. The monoisotopic (exact) mass is 368 g/mol. The predicted molar refractivity (Wildman–Crippen MR) is 102 cm³/mol. The number of benzene rings is 2. The van der Waals surface area contributed by atoms with Crippen molar-refractivity contribution < 1.29 is 13.9 Å². The standard InChI is InChI=1S/C22H25FN2O2/c23-19-5-3-4-18(14-19)22(10-11-22)24-15-17-6-8-20(9-7-17)27-16-21(26)25-12-1-2-13-25/h3-9,14,24H,1-2,10-13,15-16H2. The number of nitrogens with zero attached hydrogens (tertiary/aromatic N) is 1. The Bertz CT molecular complexity index is 796. The zero-order valence-electron chi connectivity index (χ0n) is 15.4. The maximum Gasteiger partial charge on any atom is 0.260 e. The van der Waals surface area contributed by atoms with Gasteiger partial charge in [-0.3, -0.25) is 4.79 Å². The largest absolute Gasteiger partial charge is 0.484 e. The maximum atomic E-state index is 13.5. The Morgan fingerprint density at radius 2 is 1.85 bits per heavy atom. The molecule has 0 bridgehead atoms. The molecular formula is C22H25FN2O2. The molecule has 1 aliphatic carbocycles. The number of hydrogen-bond donors (Lipinski definition) is 1. The second-order valence-electron chi connectivity index (χ2n) is 7.47. The average Bonchev–Trinajstić information content (AvgIpc) is 3.28. The van der Waals surface area contributed by atoms with Crippen molar-refractivity contribution in [2.75, 3.05) is 19.7 Å². The molecule has 1 saturated heterocycles. The van der Waals surface area contributed by atoms with E-state index in [9.17, 15) is 9.18 Å². The number of ether oxygens (including phenoxy) is 1. The minimum atomic E-state index is -0.189. The fourth-order valence-corrected chi connectivity index (χ4v) is 3.66. The molecule has 4 rings (SSSR count). The molecule has 2 aliphatic rings. The van der Waals surface area contributed by atoms with Gasteiger partial charge < -0.3 is 15.0 Å². The van der Waals surface area contributed by atoms with Crippen molar-refractivity contribution in [3.63, 3.8) is 0 Å².